The third kappa shape index (κ3) is 4.96. The Labute approximate surface area is 179 Å². The molecule has 0 saturated carbocycles. The Morgan fingerprint density at radius 1 is 1.00 bits per heavy atom. The number of pyridine rings is 1. The van der Waals surface area contributed by atoms with E-state index in [4.69, 9.17) is 11.6 Å². The highest BCUT2D eigenvalue weighted by Crippen LogP contribution is 2.16. The van der Waals surface area contributed by atoms with Crippen LogP contribution in [0.15, 0.2) is 71.7 Å². The lowest BCUT2D eigenvalue weighted by atomic mass is 10.1. The molecular weight excluding hydrogens is 402 g/mol. The molecule has 0 radical (unpaired) electrons. The minimum Gasteiger partial charge on any atom is -0.355 e. The van der Waals surface area contributed by atoms with Crippen molar-refractivity contribution in [3.05, 3.63) is 104 Å². The third-order valence-electron chi connectivity index (χ3n) is 4.74. The van der Waals surface area contributed by atoms with E-state index in [1.54, 1.807) is 43.4 Å². The van der Waals surface area contributed by atoms with Crippen LogP contribution in [0.1, 0.15) is 31.8 Å². The van der Waals surface area contributed by atoms with E-state index in [1.807, 2.05) is 30.3 Å². The molecule has 0 unspecified atom stereocenters. The molecule has 1 aromatic heterocycles. The van der Waals surface area contributed by atoms with Gasteiger partial charge in [0.05, 0.1) is 12.1 Å². The average molecular weight is 424 g/mol. The maximum absolute atomic E-state index is 12.9. The average Bonchev–Trinajstić information content (AvgIpc) is 2.76. The summed E-state index contributed by atoms with van der Waals surface area (Å²) in [5, 5.41) is 3.14. The van der Waals surface area contributed by atoms with Gasteiger partial charge in [0.25, 0.3) is 17.4 Å². The molecule has 154 valence electrons. The van der Waals surface area contributed by atoms with Gasteiger partial charge in [-0.1, -0.05) is 41.9 Å². The molecule has 0 aliphatic heterocycles. The summed E-state index contributed by atoms with van der Waals surface area (Å²) in [5.74, 6) is -0.370. The number of carbonyl (C=O) groups is 2. The molecule has 0 spiro atoms. The Kier molecular flexibility index (Phi) is 6.69. The maximum Gasteiger partial charge on any atom is 0.255 e. The molecule has 0 saturated heterocycles. The molecule has 0 aliphatic rings. The minimum absolute atomic E-state index is 0.160. The van der Waals surface area contributed by atoms with Gasteiger partial charge in [0.1, 0.15) is 0 Å². The summed E-state index contributed by atoms with van der Waals surface area (Å²) in [7, 11) is 3.27. The zero-order valence-electron chi connectivity index (χ0n) is 16.8. The highest BCUT2D eigenvalue weighted by molar-refractivity contribution is 6.31. The first-order chi connectivity index (χ1) is 14.4. The summed E-state index contributed by atoms with van der Waals surface area (Å²) in [6.07, 6.45) is 1.55. The summed E-state index contributed by atoms with van der Waals surface area (Å²) in [4.78, 5) is 38.3. The van der Waals surface area contributed by atoms with Crippen molar-refractivity contribution < 1.29 is 9.59 Å². The fourth-order valence-corrected chi connectivity index (χ4v) is 3.26. The lowest BCUT2D eigenvalue weighted by Crippen LogP contribution is -2.28. The second-order valence-electron chi connectivity index (χ2n) is 6.91. The van der Waals surface area contributed by atoms with Crippen LogP contribution in [0.3, 0.4) is 0 Å². The van der Waals surface area contributed by atoms with Crippen LogP contribution < -0.4 is 10.9 Å². The Morgan fingerprint density at radius 2 is 1.67 bits per heavy atom. The van der Waals surface area contributed by atoms with Gasteiger partial charge in [-0.05, 0) is 35.4 Å². The van der Waals surface area contributed by atoms with Crippen LogP contribution in [-0.2, 0) is 13.1 Å². The van der Waals surface area contributed by atoms with Gasteiger partial charge in [0.2, 0.25) is 0 Å². The predicted octanol–water partition coefficient (Wildman–Crippen LogP) is 3.18. The van der Waals surface area contributed by atoms with Crippen LogP contribution in [0.2, 0.25) is 5.02 Å². The second kappa shape index (κ2) is 9.41. The fraction of sp³-hybridized carbons (Fsp3) is 0.174. The van der Waals surface area contributed by atoms with Crippen LogP contribution in [-0.4, -0.2) is 35.4 Å². The Hall–Kier alpha value is -3.38. The minimum atomic E-state index is -0.210. The van der Waals surface area contributed by atoms with Crippen LogP contribution >= 0.6 is 11.6 Å². The summed E-state index contributed by atoms with van der Waals surface area (Å²) in [5.41, 5.74) is 2.45. The van der Waals surface area contributed by atoms with Crippen molar-refractivity contribution in [2.45, 2.75) is 13.1 Å². The number of benzene rings is 2. The Balaban J connectivity index is 1.75. The van der Waals surface area contributed by atoms with Crippen molar-refractivity contribution in [1.29, 1.82) is 0 Å². The number of carbonyl (C=O) groups excluding carboxylic acids is 2. The van der Waals surface area contributed by atoms with Crippen molar-refractivity contribution in [2.75, 3.05) is 14.1 Å². The molecule has 2 aromatic carbocycles. The zero-order chi connectivity index (χ0) is 21.7. The van der Waals surface area contributed by atoms with Gasteiger partial charge in [-0.15, -0.1) is 0 Å². The molecule has 0 aliphatic carbocycles. The number of halogens is 1. The summed E-state index contributed by atoms with van der Waals surface area (Å²) in [6.45, 7) is 0.654. The van der Waals surface area contributed by atoms with Gasteiger partial charge in [-0.2, -0.15) is 0 Å². The topological polar surface area (TPSA) is 71.4 Å². The molecule has 1 N–H and O–H groups in total. The van der Waals surface area contributed by atoms with Gasteiger partial charge < -0.3 is 14.8 Å². The molecule has 0 atom stereocenters. The molecule has 0 fully saturated rings. The molecular formula is C23H22ClN3O3. The fourth-order valence-electron chi connectivity index (χ4n) is 3.06. The number of aromatic nitrogens is 1. The monoisotopic (exact) mass is 423 g/mol. The van der Waals surface area contributed by atoms with Gasteiger partial charge in [0, 0.05) is 43.5 Å². The predicted molar refractivity (Wildman–Crippen MR) is 117 cm³/mol. The second-order valence-corrected chi connectivity index (χ2v) is 7.32. The quantitative estimate of drug-likeness (QED) is 0.661. The van der Waals surface area contributed by atoms with E-state index >= 15 is 0 Å². The highest BCUT2D eigenvalue weighted by atomic mass is 35.5. The molecule has 30 heavy (non-hydrogen) atoms. The molecule has 3 rings (SSSR count). The lowest BCUT2D eigenvalue weighted by Gasteiger charge is -2.18. The molecule has 1 heterocycles. The Bertz CT molecular complexity index is 1120. The van der Waals surface area contributed by atoms with Crippen molar-refractivity contribution in [3.8, 4) is 0 Å². The molecule has 7 heteroatoms. The number of nitrogens with one attached hydrogen (secondary N) is 1. The van der Waals surface area contributed by atoms with Gasteiger partial charge in [-0.25, -0.2) is 0 Å². The van der Waals surface area contributed by atoms with Crippen molar-refractivity contribution in [3.63, 3.8) is 0 Å². The van der Waals surface area contributed by atoms with Gasteiger partial charge in [-0.3, -0.25) is 14.4 Å². The van der Waals surface area contributed by atoms with Gasteiger partial charge in [0.15, 0.2) is 0 Å². The maximum atomic E-state index is 12.9. The third-order valence-corrected chi connectivity index (χ3v) is 5.11. The summed E-state index contributed by atoms with van der Waals surface area (Å²) < 4.78 is 1.47. The first-order valence-electron chi connectivity index (χ1n) is 9.39. The van der Waals surface area contributed by atoms with Gasteiger partial charge >= 0.3 is 0 Å². The number of amides is 2. The van der Waals surface area contributed by atoms with E-state index in [1.165, 1.54) is 16.7 Å². The number of hydrogen-bond acceptors (Lipinski definition) is 3. The molecule has 0 bridgehead atoms. The number of nitrogens with zero attached hydrogens (tertiary/aromatic N) is 2. The molecule has 2 amide bonds. The Morgan fingerprint density at radius 3 is 2.33 bits per heavy atom. The van der Waals surface area contributed by atoms with E-state index in [-0.39, 0.29) is 23.9 Å². The normalized spacial score (nSPS) is 10.5. The number of hydrogen-bond donors (Lipinski definition) is 1. The van der Waals surface area contributed by atoms with E-state index in [2.05, 4.69) is 5.32 Å². The SMILES string of the molecule is CNC(=O)c1ccc(CN(C)C(=O)c2ccc(=O)n(Cc3ccccc3Cl)c2)cc1. The molecule has 6 nitrogen and oxygen atoms in total. The van der Waals surface area contributed by atoms with Crippen LogP contribution in [0.4, 0.5) is 0 Å². The van der Waals surface area contributed by atoms with E-state index in [9.17, 15) is 14.4 Å². The van der Waals surface area contributed by atoms with Crippen molar-refractivity contribution >= 4 is 23.4 Å². The number of rotatable bonds is 6. The standard InChI is InChI=1S/C23H22ClN3O3/c1-25-22(29)17-9-7-16(8-10-17)13-26(2)23(30)19-11-12-21(28)27(15-19)14-18-5-3-4-6-20(18)24/h3-12,15H,13-14H2,1-2H3,(H,25,29). The summed E-state index contributed by atoms with van der Waals surface area (Å²) in [6, 6.07) is 17.3. The van der Waals surface area contributed by atoms with Crippen molar-refractivity contribution in [1.82, 2.24) is 14.8 Å². The highest BCUT2D eigenvalue weighted by Gasteiger charge is 2.14. The van der Waals surface area contributed by atoms with E-state index in [0.29, 0.717) is 22.7 Å². The first-order valence-corrected chi connectivity index (χ1v) is 9.77. The van der Waals surface area contributed by atoms with E-state index < -0.39 is 0 Å². The smallest absolute Gasteiger partial charge is 0.255 e. The van der Waals surface area contributed by atoms with Crippen LogP contribution in [0.5, 0.6) is 0 Å². The lowest BCUT2D eigenvalue weighted by molar-refractivity contribution is 0.0783. The largest absolute Gasteiger partial charge is 0.355 e. The first kappa shape index (κ1) is 21.3. The van der Waals surface area contributed by atoms with E-state index in [0.717, 1.165) is 11.1 Å². The van der Waals surface area contributed by atoms with Crippen LogP contribution in [0, 0.1) is 0 Å². The molecule has 3 aromatic rings. The van der Waals surface area contributed by atoms with Crippen molar-refractivity contribution in [2.24, 2.45) is 0 Å². The zero-order valence-corrected chi connectivity index (χ0v) is 17.5. The summed E-state index contributed by atoms with van der Waals surface area (Å²) >= 11 is 6.19. The van der Waals surface area contributed by atoms with Crippen LogP contribution in [0.25, 0.3) is 0 Å².